The smallest absolute Gasteiger partial charge is 0.323 e. The van der Waals surface area contributed by atoms with Crippen molar-refractivity contribution in [1.29, 1.82) is 0 Å². The molecule has 1 aromatic heterocycles. The van der Waals surface area contributed by atoms with E-state index in [0.717, 1.165) is 22.3 Å². The number of anilines is 2. The van der Waals surface area contributed by atoms with Crippen molar-refractivity contribution in [1.82, 2.24) is 9.88 Å². The molecule has 9 heteroatoms. The van der Waals surface area contributed by atoms with E-state index in [1.807, 2.05) is 35.7 Å². The van der Waals surface area contributed by atoms with E-state index in [9.17, 15) is 9.59 Å². The number of aliphatic carboxylic acids is 1. The Morgan fingerprint density at radius 2 is 2.12 bits per heavy atom. The third-order valence-electron chi connectivity index (χ3n) is 2.99. The highest BCUT2D eigenvalue weighted by Crippen LogP contribution is 2.33. The monoisotopic (exact) mass is 377 g/mol. The normalized spacial score (nSPS) is 16.0. The Labute approximate surface area is 151 Å². The van der Waals surface area contributed by atoms with Crippen molar-refractivity contribution < 1.29 is 14.7 Å². The van der Waals surface area contributed by atoms with E-state index >= 15 is 0 Å². The van der Waals surface area contributed by atoms with Gasteiger partial charge in [0.1, 0.15) is 10.9 Å². The van der Waals surface area contributed by atoms with Crippen LogP contribution in [0.4, 0.5) is 10.8 Å². The first-order valence-electron chi connectivity index (χ1n) is 6.77. The number of carbonyl (C=O) groups excluding carboxylic acids is 1. The molecule has 1 aromatic carbocycles. The summed E-state index contributed by atoms with van der Waals surface area (Å²) in [4.78, 5) is 28.8. The van der Waals surface area contributed by atoms with Crippen molar-refractivity contribution in [3.05, 3.63) is 46.3 Å². The highest BCUT2D eigenvalue weighted by Gasteiger charge is 2.33. The van der Waals surface area contributed by atoms with Crippen LogP contribution in [0.1, 0.15) is 5.69 Å². The minimum absolute atomic E-state index is 0.242. The summed E-state index contributed by atoms with van der Waals surface area (Å²) in [6.07, 6.45) is 1.62. The van der Waals surface area contributed by atoms with Gasteiger partial charge >= 0.3 is 5.97 Å². The van der Waals surface area contributed by atoms with Crippen LogP contribution in [-0.4, -0.2) is 37.7 Å². The molecule has 0 aliphatic carbocycles. The molecule has 1 aliphatic heterocycles. The Kier molecular flexibility index (Phi) is 4.93. The highest BCUT2D eigenvalue weighted by molar-refractivity contribution is 8.26. The lowest BCUT2D eigenvalue weighted by atomic mass is 10.3. The van der Waals surface area contributed by atoms with E-state index in [1.54, 1.807) is 6.08 Å². The van der Waals surface area contributed by atoms with Gasteiger partial charge in [-0.05, 0) is 18.2 Å². The van der Waals surface area contributed by atoms with Gasteiger partial charge in [0.05, 0.1) is 10.6 Å². The van der Waals surface area contributed by atoms with Crippen LogP contribution in [0.15, 0.2) is 40.6 Å². The number of amides is 1. The number of nitrogens with zero attached hydrogens (tertiary/aromatic N) is 2. The summed E-state index contributed by atoms with van der Waals surface area (Å²) in [5, 5.41) is 14.5. The van der Waals surface area contributed by atoms with Gasteiger partial charge in [0.15, 0.2) is 5.13 Å². The van der Waals surface area contributed by atoms with Gasteiger partial charge in [0.2, 0.25) is 0 Å². The molecule has 1 fully saturated rings. The largest absolute Gasteiger partial charge is 0.480 e. The zero-order chi connectivity index (χ0) is 17.1. The van der Waals surface area contributed by atoms with E-state index in [0.29, 0.717) is 15.7 Å². The van der Waals surface area contributed by atoms with Crippen molar-refractivity contribution in [3.63, 3.8) is 0 Å². The van der Waals surface area contributed by atoms with Gasteiger partial charge in [0.25, 0.3) is 5.91 Å². The second-order valence-electron chi connectivity index (χ2n) is 4.73. The minimum Gasteiger partial charge on any atom is -0.480 e. The number of carbonyl (C=O) groups is 2. The summed E-state index contributed by atoms with van der Waals surface area (Å²) < 4.78 is 0.242. The molecule has 0 unspecified atom stereocenters. The van der Waals surface area contributed by atoms with Crippen LogP contribution in [-0.2, 0) is 9.59 Å². The van der Waals surface area contributed by atoms with Gasteiger partial charge in [-0.15, -0.1) is 11.3 Å². The van der Waals surface area contributed by atoms with E-state index in [1.165, 1.54) is 11.3 Å². The fourth-order valence-electron chi connectivity index (χ4n) is 1.96. The predicted octanol–water partition coefficient (Wildman–Crippen LogP) is 3.17. The number of para-hydroxylation sites is 1. The molecule has 1 saturated heterocycles. The molecule has 2 heterocycles. The topological polar surface area (TPSA) is 82.5 Å². The molecule has 0 bridgehead atoms. The van der Waals surface area contributed by atoms with Crippen LogP contribution >= 0.6 is 35.3 Å². The van der Waals surface area contributed by atoms with Crippen molar-refractivity contribution in [2.45, 2.75) is 0 Å². The van der Waals surface area contributed by atoms with Crippen molar-refractivity contribution >= 4 is 68.4 Å². The number of carboxylic acids is 1. The molecule has 3 rings (SSSR count). The van der Waals surface area contributed by atoms with Gasteiger partial charge in [-0.2, -0.15) is 0 Å². The maximum absolute atomic E-state index is 12.2. The van der Waals surface area contributed by atoms with Crippen LogP contribution in [0.3, 0.4) is 0 Å². The molecule has 0 atom stereocenters. The zero-order valence-corrected chi connectivity index (χ0v) is 14.6. The fraction of sp³-hybridized carbons (Fsp3) is 0.0667. The quantitative estimate of drug-likeness (QED) is 0.612. The summed E-state index contributed by atoms with van der Waals surface area (Å²) >= 11 is 7.55. The number of rotatable bonds is 5. The van der Waals surface area contributed by atoms with E-state index in [4.69, 9.17) is 17.3 Å². The first-order valence-corrected chi connectivity index (χ1v) is 8.88. The van der Waals surface area contributed by atoms with Gasteiger partial charge in [-0.1, -0.05) is 42.2 Å². The number of hydrogen-bond donors (Lipinski definition) is 2. The molecule has 0 spiro atoms. The molecule has 24 heavy (non-hydrogen) atoms. The Balaban J connectivity index is 1.74. The Morgan fingerprint density at radius 3 is 2.83 bits per heavy atom. The molecular formula is C15H11N3O3S3. The lowest BCUT2D eigenvalue weighted by molar-refractivity contribution is -0.140. The molecule has 2 aromatic rings. The van der Waals surface area contributed by atoms with E-state index in [-0.39, 0.29) is 4.32 Å². The van der Waals surface area contributed by atoms with Gasteiger partial charge in [-0.25, -0.2) is 4.98 Å². The van der Waals surface area contributed by atoms with E-state index < -0.39 is 18.4 Å². The Hall–Kier alpha value is -2.23. The molecule has 6 nitrogen and oxygen atoms in total. The maximum atomic E-state index is 12.2. The zero-order valence-electron chi connectivity index (χ0n) is 12.1. The van der Waals surface area contributed by atoms with Crippen LogP contribution in [0, 0.1) is 0 Å². The highest BCUT2D eigenvalue weighted by atomic mass is 32.2. The first kappa shape index (κ1) is 16.6. The van der Waals surface area contributed by atoms with Crippen LogP contribution in [0.25, 0.3) is 6.08 Å². The second-order valence-corrected chi connectivity index (χ2v) is 7.26. The van der Waals surface area contributed by atoms with Crippen LogP contribution in [0.2, 0.25) is 0 Å². The van der Waals surface area contributed by atoms with E-state index in [2.05, 4.69) is 10.3 Å². The summed E-state index contributed by atoms with van der Waals surface area (Å²) in [6.45, 7) is -0.431. The molecule has 0 radical (unpaired) electrons. The number of carboxylic acid groups (broad SMARTS) is 1. The standard InChI is InChI=1S/C15H11N3O3S3/c19-12(20)7-18-13(21)11(24-15(18)22)6-10-8-23-14(17-10)16-9-4-2-1-3-5-9/h1-6,8H,7H2,(H,16,17)(H,19,20)/b11-6-. The molecule has 1 aliphatic rings. The van der Waals surface area contributed by atoms with Gasteiger partial charge < -0.3 is 10.4 Å². The average Bonchev–Trinajstić information content (AvgIpc) is 3.08. The summed E-state index contributed by atoms with van der Waals surface area (Å²) in [7, 11) is 0. The van der Waals surface area contributed by atoms with Crippen molar-refractivity contribution in [2.75, 3.05) is 11.9 Å². The van der Waals surface area contributed by atoms with Crippen molar-refractivity contribution in [2.24, 2.45) is 0 Å². The minimum atomic E-state index is -1.10. The van der Waals surface area contributed by atoms with Crippen LogP contribution < -0.4 is 5.32 Å². The number of thioether (sulfide) groups is 1. The number of thiazole rings is 1. The first-order chi connectivity index (χ1) is 11.5. The molecule has 122 valence electrons. The number of hydrogen-bond acceptors (Lipinski definition) is 7. The molecule has 2 N–H and O–H groups in total. The number of nitrogens with one attached hydrogen (secondary N) is 1. The summed E-state index contributed by atoms with van der Waals surface area (Å²) in [5.74, 6) is -1.51. The average molecular weight is 377 g/mol. The van der Waals surface area contributed by atoms with Crippen LogP contribution in [0.5, 0.6) is 0 Å². The Bertz CT molecular complexity index is 833. The summed E-state index contributed by atoms with van der Waals surface area (Å²) in [6, 6.07) is 9.63. The molecular weight excluding hydrogens is 366 g/mol. The SMILES string of the molecule is O=C(O)CN1C(=O)/C(=C/c2csc(Nc3ccccc3)n2)SC1=S. The lowest BCUT2D eigenvalue weighted by Gasteiger charge is -2.09. The number of benzene rings is 1. The number of aromatic nitrogens is 1. The van der Waals surface area contributed by atoms with Gasteiger partial charge in [-0.3, -0.25) is 14.5 Å². The molecule has 0 saturated carbocycles. The molecule has 1 amide bonds. The Morgan fingerprint density at radius 1 is 1.38 bits per heavy atom. The maximum Gasteiger partial charge on any atom is 0.323 e. The number of thiocarbonyl (C=S) groups is 1. The third-order valence-corrected chi connectivity index (χ3v) is 5.15. The predicted molar refractivity (Wildman–Crippen MR) is 99.4 cm³/mol. The third kappa shape index (κ3) is 3.81. The van der Waals surface area contributed by atoms with Crippen molar-refractivity contribution in [3.8, 4) is 0 Å². The second kappa shape index (κ2) is 7.12. The fourth-order valence-corrected chi connectivity index (χ4v) is 3.89. The lowest BCUT2D eigenvalue weighted by Crippen LogP contribution is -2.33. The summed E-state index contributed by atoms with van der Waals surface area (Å²) in [5.41, 5.74) is 1.54. The van der Waals surface area contributed by atoms with Gasteiger partial charge in [0, 0.05) is 11.1 Å².